The third-order valence-electron chi connectivity index (χ3n) is 4.23. The summed E-state index contributed by atoms with van der Waals surface area (Å²) in [5, 5.41) is 7.31. The van der Waals surface area contributed by atoms with E-state index in [1.165, 1.54) is 36.4 Å². The van der Waals surface area contributed by atoms with E-state index in [0.717, 1.165) is 12.5 Å². The Kier molecular flexibility index (Phi) is 4.44. The van der Waals surface area contributed by atoms with Crippen LogP contribution in [-0.2, 0) is 5.54 Å². The van der Waals surface area contributed by atoms with E-state index >= 15 is 0 Å². The maximum Gasteiger partial charge on any atom is 0.113 e. The van der Waals surface area contributed by atoms with Crippen LogP contribution in [0.4, 0.5) is 0 Å². The maximum atomic E-state index is 4.91. The third kappa shape index (κ3) is 2.62. The lowest BCUT2D eigenvalue weighted by atomic mass is 9.95. The summed E-state index contributed by atoms with van der Waals surface area (Å²) in [6, 6.07) is 0. The predicted molar refractivity (Wildman–Crippen MR) is 79.2 cm³/mol. The van der Waals surface area contributed by atoms with Gasteiger partial charge in [0.15, 0.2) is 0 Å². The molecule has 0 saturated heterocycles. The van der Waals surface area contributed by atoms with Crippen molar-refractivity contribution in [3.63, 3.8) is 0 Å². The molecule has 0 radical (unpaired) electrons. The van der Waals surface area contributed by atoms with Crippen molar-refractivity contribution < 1.29 is 0 Å². The number of thiazole rings is 1. The normalized spacial score (nSPS) is 28.2. The topological polar surface area (TPSA) is 24.9 Å². The smallest absolute Gasteiger partial charge is 0.113 e. The Labute approximate surface area is 115 Å². The van der Waals surface area contributed by atoms with E-state index in [2.05, 4.69) is 38.4 Å². The summed E-state index contributed by atoms with van der Waals surface area (Å²) in [5.41, 5.74) is 1.43. The average molecular weight is 266 g/mol. The Balaban J connectivity index is 2.24. The summed E-state index contributed by atoms with van der Waals surface area (Å²) in [5.74, 6) is 1.41. The number of hydrogen-bond donors (Lipinski definition) is 1. The Morgan fingerprint density at radius 1 is 1.50 bits per heavy atom. The van der Waals surface area contributed by atoms with E-state index in [4.69, 9.17) is 4.98 Å². The fourth-order valence-corrected chi connectivity index (χ4v) is 4.23. The number of nitrogens with one attached hydrogen (secondary N) is 1. The Morgan fingerprint density at radius 3 is 2.78 bits per heavy atom. The van der Waals surface area contributed by atoms with Crippen molar-refractivity contribution in [2.45, 2.75) is 64.8 Å². The summed E-state index contributed by atoms with van der Waals surface area (Å²) < 4.78 is 0. The molecule has 0 aromatic carbocycles. The summed E-state index contributed by atoms with van der Waals surface area (Å²) in [6.45, 7) is 10.0. The predicted octanol–water partition coefficient (Wildman–Crippen LogP) is 4.28. The Bertz CT molecular complexity index is 386. The monoisotopic (exact) mass is 266 g/mol. The molecule has 2 atom stereocenters. The number of hydrogen-bond acceptors (Lipinski definition) is 3. The molecule has 0 amide bonds. The minimum absolute atomic E-state index is 0.174. The molecule has 1 heterocycles. The molecule has 2 unspecified atom stereocenters. The van der Waals surface area contributed by atoms with Gasteiger partial charge in [0.25, 0.3) is 0 Å². The van der Waals surface area contributed by atoms with Crippen molar-refractivity contribution in [3.8, 4) is 0 Å². The summed E-state index contributed by atoms with van der Waals surface area (Å²) in [4.78, 5) is 4.91. The lowest BCUT2D eigenvalue weighted by molar-refractivity contribution is 0.331. The minimum Gasteiger partial charge on any atom is -0.306 e. The molecule has 0 spiro atoms. The van der Waals surface area contributed by atoms with Crippen LogP contribution >= 0.6 is 11.3 Å². The van der Waals surface area contributed by atoms with Crippen LogP contribution in [0.2, 0.25) is 0 Å². The van der Waals surface area contributed by atoms with Crippen LogP contribution in [0.3, 0.4) is 0 Å². The van der Waals surface area contributed by atoms with Gasteiger partial charge in [-0.2, -0.15) is 0 Å². The first-order valence-corrected chi connectivity index (χ1v) is 8.20. The zero-order valence-corrected chi connectivity index (χ0v) is 12.9. The number of nitrogens with zero attached hydrogens (tertiary/aromatic N) is 1. The quantitative estimate of drug-likeness (QED) is 0.860. The van der Waals surface area contributed by atoms with Crippen LogP contribution < -0.4 is 5.32 Å². The maximum absolute atomic E-state index is 4.91. The van der Waals surface area contributed by atoms with Gasteiger partial charge in [-0.15, -0.1) is 11.3 Å². The van der Waals surface area contributed by atoms with Gasteiger partial charge in [0, 0.05) is 5.38 Å². The summed E-state index contributed by atoms with van der Waals surface area (Å²) in [6.07, 6.45) is 5.17. The second-order valence-corrected chi connectivity index (χ2v) is 6.72. The van der Waals surface area contributed by atoms with Gasteiger partial charge in [-0.1, -0.05) is 34.1 Å². The van der Waals surface area contributed by atoms with Gasteiger partial charge in [-0.05, 0) is 37.6 Å². The molecule has 18 heavy (non-hydrogen) atoms. The third-order valence-corrected chi connectivity index (χ3v) is 5.30. The zero-order chi connectivity index (χ0) is 13.2. The number of aromatic nitrogens is 1. The molecular formula is C15H26N2S. The highest BCUT2D eigenvalue weighted by atomic mass is 32.1. The highest BCUT2D eigenvalue weighted by Gasteiger charge is 2.41. The second kappa shape index (κ2) is 5.70. The molecule has 1 aromatic rings. The van der Waals surface area contributed by atoms with Crippen LogP contribution in [-0.4, -0.2) is 11.5 Å². The van der Waals surface area contributed by atoms with E-state index in [-0.39, 0.29) is 5.54 Å². The minimum atomic E-state index is 0.174. The molecule has 0 aliphatic heterocycles. The van der Waals surface area contributed by atoms with Gasteiger partial charge < -0.3 is 5.32 Å². The summed E-state index contributed by atoms with van der Waals surface area (Å²) >= 11 is 1.85. The molecule has 2 nitrogen and oxygen atoms in total. The van der Waals surface area contributed by atoms with Crippen molar-refractivity contribution in [2.24, 2.45) is 5.92 Å². The lowest BCUT2D eigenvalue weighted by Gasteiger charge is -2.28. The van der Waals surface area contributed by atoms with Crippen molar-refractivity contribution >= 4 is 11.3 Å². The van der Waals surface area contributed by atoms with Gasteiger partial charge in [0.1, 0.15) is 5.01 Å². The van der Waals surface area contributed by atoms with Crippen molar-refractivity contribution in [1.82, 2.24) is 10.3 Å². The van der Waals surface area contributed by atoms with Gasteiger partial charge >= 0.3 is 0 Å². The lowest BCUT2D eigenvalue weighted by Crippen LogP contribution is -2.40. The number of rotatable bonds is 5. The molecule has 1 N–H and O–H groups in total. The molecule has 1 fully saturated rings. The van der Waals surface area contributed by atoms with Crippen LogP contribution in [0.1, 0.15) is 70.0 Å². The average Bonchev–Trinajstić information content (AvgIpc) is 2.96. The zero-order valence-electron chi connectivity index (χ0n) is 12.1. The first-order valence-electron chi connectivity index (χ1n) is 7.32. The van der Waals surface area contributed by atoms with Crippen molar-refractivity contribution in [1.29, 1.82) is 0 Å². The van der Waals surface area contributed by atoms with Gasteiger partial charge in [-0.3, -0.25) is 0 Å². The molecule has 1 saturated carbocycles. The van der Waals surface area contributed by atoms with E-state index in [0.29, 0.717) is 5.92 Å². The highest BCUT2D eigenvalue weighted by molar-refractivity contribution is 7.09. The molecule has 3 heteroatoms. The summed E-state index contributed by atoms with van der Waals surface area (Å²) in [7, 11) is 0. The Morgan fingerprint density at radius 2 is 2.28 bits per heavy atom. The highest BCUT2D eigenvalue weighted by Crippen LogP contribution is 2.44. The van der Waals surface area contributed by atoms with Gasteiger partial charge in [-0.25, -0.2) is 4.98 Å². The van der Waals surface area contributed by atoms with Crippen LogP contribution in [0, 0.1) is 5.92 Å². The molecular weight excluding hydrogens is 240 g/mol. The molecule has 1 aromatic heterocycles. The van der Waals surface area contributed by atoms with E-state index < -0.39 is 0 Å². The largest absolute Gasteiger partial charge is 0.306 e. The molecule has 2 rings (SSSR count). The van der Waals surface area contributed by atoms with Crippen LogP contribution in [0.25, 0.3) is 0 Å². The first-order chi connectivity index (χ1) is 8.61. The van der Waals surface area contributed by atoms with Gasteiger partial charge in [0.2, 0.25) is 0 Å². The van der Waals surface area contributed by atoms with E-state index in [1.54, 1.807) is 0 Å². The van der Waals surface area contributed by atoms with E-state index in [1.807, 2.05) is 11.3 Å². The molecule has 102 valence electrons. The fraction of sp³-hybridized carbons (Fsp3) is 0.800. The standard InChI is InChI=1S/C15H26N2S/c1-5-12-7-8-15(9-12,16-6-2)14-17-13(10-18-14)11(3)4/h10-12,16H,5-9H2,1-4H3. The van der Waals surface area contributed by atoms with Gasteiger partial charge in [0.05, 0.1) is 11.2 Å². The Hall–Kier alpha value is -0.410. The van der Waals surface area contributed by atoms with E-state index in [9.17, 15) is 0 Å². The van der Waals surface area contributed by atoms with Crippen molar-refractivity contribution in [3.05, 3.63) is 16.1 Å². The molecule has 0 bridgehead atoms. The molecule has 1 aliphatic rings. The SMILES string of the molecule is CCNC1(c2nc(C(C)C)cs2)CCC(CC)C1. The second-order valence-electron chi connectivity index (χ2n) is 5.86. The first kappa shape index (κ1) is 14.0. The van der Waals surface area contributed by atoms with Crippen molar-refractivity contribution in [2.75, 3.05) is 6.54 Å². The fourth-order valence-electron chi connectivity index (χ4n) is 3.04. The molecule has 1 aliphatic carbocycles. The van der Waals surface area contributed by atoms with Crippen LogP contribution in [0.5, 0.6) is 0 Å². The van der Waals surface area contributed by atoms with Crippen LogP contribution in [0.15, 0.2) is 5.38 Å².